The molecule has 0 saturated carbocycles. The summed E-state index contributed by atoms with van der Waals surface area (Å²) in [4.78, 5) is 23.8. The predicted molar refractivity (Wildman–Crippen MR) is 89.5 cm³/mol. The van der Waals surface area contributed by atoms with Crippen LogP contribution in [0.4, 0.5) is 5.69 Å². The maximum absolute atomic E-state index is 12.0. The van der Waals surface area contributed by atoms with Crippen LogP contribution in [0.3, 0.4) is 0 Å². The minimum Gasteiger partial charge on any atom is -0.408 e. The lowest BCUT2D eigenvalue weighted by molar-refractivity contribution is -0.116. The molecule has 0 aliphatic heterocycles. The number of anilines is 1. The first-order chi connectivity index (χ1) is 11.1. The summed E-state index contributed by atoms with van der Waals surface area (Å²) in [5.41, 5.74) is 3.26. The summed E-state index contributed by atoms with van der Waals surface area (Å²) >= 11 is 0. The minimum absolute atomic E-state index is 0.0605. The van der Waals surface area contributed by atoms with Gasteiger partial charge in [0, 0.05) is 18.7 Å². The summed E-state index contributed by atoms with van der Waals surface area (Å²) < 4.78 is 6.73. The Bertz CT molecular complexity index is 875. The van der Waals surface area contributed by atoms with Gasteiger partial charge in [-0.1, -0.05) is 29.8 Å². The second-order valence-electron chi connectivity index (χ2n) is 5.51. The van der Waals surface area contributed by atoms with Crippen LogP contribution in [-0.2, 0) is 11.3 Å². The molecule has 0 aliphatic rings. The SMILES string of the molecule is Cc1ccc(NC(=O)CCCn2c(=O)oc3ccccc32)cc1. The molecule has 0 atom stereocenters. The van der Waals surface area contributed by atoms with Crippen LogP contribution in [0.5, 0.6) is 0 Å². The summed E-state index contributed by atoms with van der Waals surface area (Å²) in [6, 6.07) is 14.9. The zero-order chi connectivity index (χ0) is 16.2. The fourth-order valence-electron chi connectivity index (χ4n) is 2.48. The van der Waals surface area contributed by atoms with E-state index in [4.69, 9.17) is 4.42 Å². The van der Waals surface area contributed by atoms with Gasteiger partial charge in [0.1, 0.15) is 0 Å². The van der Waals surface area contributed by atoms with Crippen molar-refractivity contribution in [3.63, 3.8) is 0 Å². The monoisotopic (exact) mass is 310 g/mol. The number of carbonyl (C=O) groups excluding carboxylic acids is 1. The number of oxazole rings is 1. The van der Waals surface area contributed by atoms with Gasteiger partial charge in [-0.05, 0) is 37.6 Å². The van der Waals surface area contributed by atoms with Crippen molar-refractivity contribution in [2.45, 2.75) is 26.3 Å². The number of fused-ring (bicyclic) bond motifs is 1. The Hall–Kier alpha value is -2.82. The number of aryl methyl sites for hydroxylation is 2. The molecule has 0 unspecified atom stereocenters. The van der Waals surface area contributed by atoms with Gasteiger partial charge in [-0.25, -0.2) is 4.79 Å². The van der Waals surface area contributed by atoms with Crippen molar-refractivity contribution in [3.05, 3.63) is 64.6 Å². The van der Waals surface area contributed by atoms with Crippen molar-refractivity contribution in [3.8, 4) is 0 Å². The molecule has 0 bridgehead atoms. The number of nitrogens with one attached hydrogen (secondary N) is 1. The highest BCUT2D eigenvalue weighted by molar-refractivity contribution is 5.90. The Morgan fingerprint density at radius 2 is 1.87 bits per heavy atom. The molecule has 1 heterocycles. The van der Waals surface area contributed by atoms with E-state index in [-0.39, 0.29) is 11.7 Å². The Morgan fingerprint density at radius 1 is 1.13 bits per heavy atom. The maximum Gasteiger partial charge on any atom is 0.419 e. The molecule has 118 valence electrons. The average Bonchev–Trinajstić information content (AvgIpc) is 2.86. The topological polar surface area (TPSA) is 64.2 Å². The van der Waals surface area contributed by atoms with Crippen molar-refractivity contribution in [1.82, 2.24) is 4.57 Å². The van der Waals surface area contributed by atoms with Gasteiger partial charge in [0.2, 0.25) is 5.91 Å². The highest BCUT2D eigenvalue weighted by Gasteiger charge is 2.09. The molecule has 3 aromatic rings. The number of para-hydroxylation sites is 2. The Balaban J connectivity index is 1.58. The molecular formula is C18H18N2O3. The Labute approximate surface area is 133 Å². The van der Waals surface area contributed by atoms with Crippen molar-refractivity contribution in [2.75, 3.05) is 5.32 Å². The standard InChI is InChI=1S/C18H18N2O3/c1-13-8-10-14(11-9-13)19-17(21)7-4-12-20-15-5-2-3-6-16(15)23-18(20)22/h2-3,5-6,8-11H,4,7,12H2,1H3,(H,19,21). The lowest BCUT2D eigenvalue weighted by Crippen LogP contribution is -2.17. The van der Waals surface area contributed by atoms with Crippen LogP contribution in [0.1, 0.15) is 18.4 Å². The summed E-state index contributed by atoms with van der Waals surface area (Å²) in [6.45, 7) is 2.45. The fourth-order valence-corrected chi connectivity index (χ4v) is 2.48. The largest absolute Gasteiger partial charge is 0.419 e. The van der Waals surface area contributed by atoms with Gasteiger partial charge in [-0.3, -0.25) is 9.36 Å². The quantitative estimate of drug-likeness (QED) is 0.786. The molecule has 0 fully saturated rings. The molecule has 3 rings (SSSR count). The lowest BCUT2D eigenvalue weighted by Gasteiger charge is -2.06. The van der Waals surface area contributed by atoms with Crippen LogP contribution in [0.2, 0.25) is 0 Å². The number of aromatic nitrogens is 1. The van der Waals surface area contributed by atoms with Crippen LogP contribution in [0.25, 0.3) is 11.1 Å². The maximum atomic E-state index is 12.0. The van der Waals surface area contributed by atoms with Gasteiger partial charge >= 0.3 is 5.76 Å². The minimum atomic E-state index is -0.384. The summed E-state index contributed by atoms with van der Waals surface area (Å²) in [7, 11) is 0. The zero-order valence-electron chi connectivity index (χ0n) is 12.9. The number of rotatable bonds is 5. The van der Waals surface area contributed by atoms with Crippen LogP contribution >= 0.6 is 0 Å². The second-order valence-corrected chi connectivity index (χ2v) is 5.51. The third-order valence-electron chi connectivity index (χ3n) is 3.69. The number of carbonyl (C=O) groups is 1. The van der Waals surface area contributed by atoms with E-state index in [1.165, 1.54) is 0 Å². The van der Waals surface area contributed by atoms with Crippen LogP contribution < -0.4 is 11.1 Å². The van der Waals surface area contributed by atoms with Gasteiger partial charge in [0.25, 0.3) is 0 Å². The molecule has 0 spiro atoms. The van der Waals surface area contributed by atoms with E-state index in [1.807, 2.05) is 49.4 Å². The van der Waals surface area contributed by atoms with Crippen molar-refractivity contribution >= 4 is 22.7 Å². The third-order valence-corrected chi connectivity index (χ3v) is 3.69. The molecule has 2 aromatic carbocycles. The van der Waals surface area contributed by atoms with E-state index in [2.05, 4.69) is 5.32 Å². The normalized spacial score (nSPS) is 10.8. The van der Waals surface area contributed by atoms with Gasteiger partial charge in [0.15, 0.2) is 5.58 Å². The molecule has 1 aromatic heterocycles. The number of amides is 1. The number of hydrogen-bond acceptors (Lipinski definition) is 3. The van der Waals surface area contributed by atoms with Gasteiger partial charge in [-0.15, -0.1) is 0 Å². The second kappa shape index (κ2) is 6.52. The predicted octanol–water partition coefficient (Wildman–Crippen LogP) is 3.32. The number of hydrogen-bond donors (Lipinski definition) is 1. The molecule has 5 nitrogen and oxygen atoms in total. The highest BCUT2D eigenvalue weighted by Crippen LogP contribution is 2.13. The Kier molecular flexibility index (Phi) is 4.28. The molecule has 0 saturated heterocycles. The smallest absolute Gasteiger partial charge is 0.408 e. The van der Waals surface area contributed by atoms with E-state index in [0.717, 1.165) is 16.8 Å². The van der Waals surface area contributed by atoms with E-state index in [0.29, 0.717) is 25.0 Å². The van der Waals surface area contributed by atoms with Gasteiger partial charge < -0.3 is 9.73 Å². The number of nitrogens with zero attached hydrogens (tertiary/aromatic N) is 1. The highest BCUT2D eigenvalue weighted by atomic mass is 16.4. The van der Waals surface area contributed by atoms with Crippen LogP contribution in [0, 0.1) is 6.92 Å². The molecular weight excluding hydrogens is 292 g/mol. The molecule has 0 aliphatic carbocycles. The van der Waals surface area contributed by atoms with Crippen molar-refractivity contribution in [1.29, 1.82) is 0 Å². The van der Waals surface area contributed by atoms with E-state index >= 15 is 0 Å². The average molecular weight is 310 g/mol. The van der Waals surface area contributed by atoms with E-state index in [1.54, 1.807) is 10.6 Å². The van der Waals surface area contributed by atoms with Crippen LogP contribution in [0.15, 0.2) is 57.7 Å². The van der Waals surface area contributed by atoms with E-state index < -0.39 is 0 Å². The lowest BCUT2D eigenvalue weighted by atomic mass is 10.2. The third kappa shape index (κ3) is 3.51. The van der Waals surface area contributed by atoms with Gasteiger partial charge in [-0.2, -0.15) is 0 Å². The van der Waals surface area contributed by atoms with Crippen molar-refractivity contribution in [2.24, 2.45) is 0 Å². The van der Waals surface area contributed by atoms with Crippen molar-refractivity contribution < 1.29 is 9.21 Å². The summed E-state index contributed by atoms with van der Waals surface area (Å²) in [6.07, 6.45) is 0.918. The van der Waals surface area contributed by atoms with Gasteiger partial charge in [0.05, 0.1) is 5.52 Å². The molecule has 5 heteroatoms. The fraction of sp³-hybridized carbons (Fsp3) is 0.222. The summed E-state index contributed by atoms with van der Waals surface area (Å²) in [5, 5.41) is 2.85. The zero-order valence-corrected chi connectivity index (χ0v) is 12.9. The Morgan fingerprint density at radius 3 is 2.65 bits per heavy atom. The molecule has 0 radical (unpaired) electrons. The molecule has 23 heavy (non-hydrogen) atoms. The summed E-state index contributed by atoms with van der Waals surface area (Å²) in [5.74, 6) is -0.445. The first kappa shape index (κ1) is 15.1. The first-order valence-corrected chi connectivity index (χ1v) is 7.58. The first-order valence-electron chi connectivity index (χ1n) is 7.58. The van der Waals surface area contributed by atoms with Crippen LogP contribution in [-0.4, -0.2) is 10.5 Å². The molecule has 1 N–H and O–H groups in total. The van der Waals surface area contributed by atoms with E-state index in [9.17, 15) is 9.59 Å². The molecule has 1 amide bonds. The number of benzene rings is 2.